The minimum Gasteiger partial charge on any atom is -0.496 e. The van der Waals surface area contributed by atoms with Gasteiger partial charge in [-0.3, -0.25) is 10.1 Å². The Morgan fingerprint density at radius 3 is 2.42 bits per heavy atom. The standard InChI is InChI=1S/C20H20N2O4/c1-25-16-10-11-17(26-2)20-18(16)14-4-3-5-15(14)19(21-20)12-6-8-13(9-7-12)22(23)24/h3-4,6-11,14-15,19,21H,5H2,1-2H3. The second-order valence-electron chi connectivity index (χ2n) is 6.58. The molecule has 4 rings (SSSR count). The van der Waals surface area contributed by atoms with Crippen molar-refractivity contribution in [2.24, 2.45) is 5.92 Å². The predicted molar refractivity (Wildman–Crippen MR) is 99.0 cm³/mol. The molecule has 2 aliphatic rings. The largest absolute Gasteiger partial charge is 0.496 e. The van der Waals surface area contributed by atoms with Crippen LogP contribution in [0.2, 0.25) is 0 Å². The molecule has 2 aromatic rings. The van der Waals surface area contributed by atoms with Crippen molar-refractivity contribution in [1.29, 1.82) is 0 Å². The van der Waals surface area contributed by atoms with E-state index in [4.69, 9.17) is 9.47 Å². The number of ether oxygens (including phenoxy) is 2. The Morgan fingerprint density at radius 1 is 1.08 bits per heavy atom. The van der Waals surface area contributed by atoms with E-state index in [1.54, 1.807) is 26.4 Å². The number of rotatable bonds is 4. The molecular formula is C20H20N2O4. The third kappa shape index (κ3) is 2.49. The van der Waals surface area contributed by atoms with Crippen LogP contribution in [0.25, 0.3) is 0 Å². The highest BCUT2D eigenvalue weighted by atomic mass is 16.6. The highest BCUT2D eigenvalue weighted by Crippen LogP contribution is 2.55. The Balaban J connectivity index is 1.80. The average molecular weight is 352 g/mol. The van der Waals surface area contributed by atoms with Gasteiger partial charge in [0.2, 0.25) is 0 Å². The number of non-ortho nitro benzene ring substituents is 1. The second-order valence-corrected chi connectivity index (χ2v) is 6.58. The van der Waals surface area contributed by atoms with Gasteiger partial charge in [-0.25, -0.2) is 0 Å². The lowest BCUT2D eigenvalue weighted by atomic mass is 9.76. The van der Waals surface area contributed by atoms with E-state index in [0.717, 1.165) is 34.7 Å². The Bertz CT molecular complexity index is 876. The second kappa shape index (κ2) is 6.37. The van der Waals surface area contributed by atoms with Crippen LogP contribution in [0.3, 0.4) is 0 Å². The summed E-state index contributed by atoms with van der Waals surface area (Å²) in [5, 5.41) is 14.6. The molecule has 2 aromatic carbocycles. The van der Waals surface area contributed by atoms with Gasteiger partial charge < -0.3 is 14.8 Å². The number of allylic oxidation sites excluding steroid dienone is 2. The van der Waals surface area contributed by atoms with Crippen molar-refractivity contribution in [1.82, 2.24) is 0 Å². The van der Waals surface area contributed by atoms with Crippen LogP contribution in [0.4, 0.5) is 11.4 Å². The topological polar surface area (TPSA) is 73.6 Å². The number of nitro groups is 1. The summed E-state index contributed by atoms with van der Waals surface area (Å²) in [4.78, 5) is 10.6. The van der Waals surface area contributed by atoms with Crippen LogP contribution in [0.1, 0.15) is 29.5 Å². The molecule has 0 aromatic heterocycles. The van der Waals surface area contributed by atoms with E-state index < -0.39 is 0 Å². The quantitative estimate of drug-likeness (QED) is 0.500. The maximum atomic E-state index is 10.9. The number of benzene rings is 2. The Morgan fingerprint density at radius 2 is 1.77 bits per heavy atom. The summed E-state index contributed by atoms with van der Waals surface area (Å²) in [6.45, 7) is 0. The summed E-state index contributed by atoms with van der Waals surface area (Å²) < 4.78 is 11.2. The third-order valence-electron chi connectivity index (χ3n) is 5.34. The lowest BCUT2D eigenvalue weighted by molar-refractivity contribution is -0.384. The molecule has 0 radical (unpaired) electrons. The van der Waals surface area contributed by atoms with Crippen molar-refractivity contribution in [2.45, 2.75) is 18.4 Å². The number of hydrogen-bond donors (Lipinski definition) is 1. The summed E-state index contributed by atoms with van der Waals surface area (Å²) in [7, 11) is 3.33. The molecule has 3 unspecified atom stereocenters. The van der Waals surface area contributed by atoms with E-state index >= 15 is 0 Å². The number of hydrogen-bond acceptors (Lipinski definition) is 5. The molecule has 1 aliphatic carbocycles. The van der Waals surface area contributed by atoms with Gasteiger partial charge in [0.05, 0.1) is 30.9 Å². The first-order chi connectivity index (χ1) is 12.6. The molecule has 3 atom stereocenters. The fourth-order valence-electron chi connectivity index (χ4n) is 4.13. The monoisotopic (exact) mass is 352 g/mol. The molecule has 0 saturated carbocycles. The maximum absolute atomic E-state index is 10.9. The molecule has 0 fully saturated rings. The fraction of sp³-hybridized carbons (Fsp3) is 0.300. The van der Waals surface area contributed by atoms with Crippen LogP contribution in [0.15, 0.2) is 48.6 Å². The van der Waals surface area contributed by atoms with Gasteiger partial charge in [-0.05, 0) is 30.0 Å². The summed E-state index contributed by atoms with van der Waals surface area (Å²) in [6, 6.07) is 10.7. The first-order valence-electron chi connectivity index (χ1n) is 8.56. The smallest absolute Gasteiger partial charge is 0.269 e. The average Bonchev–Trinajstić information content (AvgIpc) is 3.16. The van der Waals surface area contributed by atoms with Crippen molar-refractivity contribution in [3.8, 4) is 11.5 Å². The minimum atomic E-state index is -0.374. The number of methoxy groups -OCH3 is 2. The zero-order chi connectivity index (χ0) is 18.3. The molecule has 134 valence electrons. The van der Waals surface area contributed by atoms with Crippen molar-refractivity contribution in [2.75, 3.05) is 19.5 Å². The van der Waals surface area contributed by atoms with Crippen LogP contribution in [-0.2, 0) is 0 Å². The van der Waals surface area contributed by atoms with E-state index in [0.29, 0.717) is 5.92 Å². The molecule has 1 heterocycles. The first-order valence-corrected chi connectivity index (χ1v) is 8.56. The van der Waals surface area contributed by atoms with Gasteiger partial charge in [0, 0.05) is 23.6 Å². The number of nitrogens with zero attached hydrogens (tertiary/aromatic N) is 1. The SMILES string of the molecule is COc1ccc(OC)c2c1NC(c1ccc([N+](=O)[O-])cc1)C1CC=CC21. The normalized spacial score (nSPS) is 22.9. The van der Waals surface area contributed by atoms with Crippen LogP contribution < -0.4 is 14.8 Å². The van der Waals surface area contributed by atoms with E-state index in [9.17, 15) is 10.1 Å². The van der Waals surface area contributed by atoms with Gasteiger partial charge >= 0.3 is 0 Å². The van der Waals surface area contributed by atoms with E-state index in [1.165, 1.54) is 0 Å². The third-order valence-corrected chi connectivity index (χ3v) is 5.34. The number of nitro benzene ring substituents is 1. The van der Waals surface area contributed by atoms with Crippen LogP contribution >= 0.6 is 0 Å². The summed E-state index contributed by atoms with van der Waals surface area (Å²) in [6.07, 6.45) is 5.37. The Hall–Kier alpha value is -3.02. The van der Waals surface area contributed by atoms with Gasteiger partial charge in [0.25, 0.3) is 5.69 Å². The molecule has 0 bridgehead atoms. The highest BCUT2D eigenvalue weighted by Gasteiger charge is 2.40. The lowest BCUT2D eigenvalue weighted by Crippen LogP contribution is -2.29. The fourth-order valence-corrected chi connectivity index (χ4v) is 4.13. The van der Waals surface area contributed by atoms with Gasteiger partial charge in [-0.2, -0.15) is 0 Å². The van der Waals surface area contributed by atoms with E-state index in [2.05, 4.69) is 17.5 Å². The van der Waals surface area contributed by atoms with Gasteiger partial charge in [0.15, 0.2) is 0 Å². The molecule has 6 nitrogen and oxygen atoms in total. The Kier molecular flexibility index (Phi) is 4.03. The van der Waals surface area contributed by atoms with Crippen LogP contribution in [0.5, 0.6) is 11.5 Å². The van der Waals surface area contributed by atoms with Crippen molar-refractivity contribution >= 4 is 11.4 Å². The molecule has 1 aliphatic heterocycles. The molecule has 0 spiro atoms. The molecule has 1 N–H and O–H groups in total. The molecule has 26 heavy (non-hydrogen) atoms. The molecule has 0 amide bonds. The maximum Gasteiger partial charge on any atom is 0.269 e. The highest BCUT2D eigenvalue weighted by molar-refractivity contribution is 5.71. The molecular weight excluding hydrogens is 332 g/mol. The zero-order valence-electron chi connectivity index (χ0n) is 14.6. The first kappa shape index (κ1) is 16.4. The zero-order valence-corrected chi connectivity index (χ0v) is 14.6. The molecule has 6 heteroatoms. The summed E-state index contributed by atoms with van der Waals surface area (Å²) >= 11 is 0. The number of fused-ring (bicyclic) bond motifs is 3. The minimum absolute atomic E-state index is 0.0457. The van der Waals surface area contributed by atoms with E-state index in [-0.39, 0.29) is 22.6 Å². The van der Waals surface area contributed by atoms with Gasteiger partial charge in [-0.15, -0.1) is 0 Å². The lowest BCUT2D eigenvalue weighted by Gasteiger charge is -2.38. The predicted octanol–water partition coefficient (Wildman–Crippen LogP) is 4.44. The van der Waals surface area contributed by atoms with Crippen LogP contribution in [0, 0.1) is 16.0 Å². The van der Waals surface area contributed by atoms with Crippen molar-refractivity contribution in [3.63, 3.8) is 0 Å². The van der Waals surface area contributed by atoms with Crippen LogP contribution in [-0.4, -0.2) is 19.1 Å². The van der Waals surface area contributed by atoms with E-state index in [1.807, 2.05) is 24.3 Å². The van der Waals surface area contributed by atoms with Gasteiger partial charge in [-0.1, -0.05) is 24.3 Å². The van der Waals surface area contributed by atoms with Crippen molar-refractivity contribution < 1.29 is 14.4 Å². The summed E-state index contributed by atoms with van der Waals surface area (Å²) in [5.74, 6) is 2.16. The molecule has 0 saturated heterocycles. The summed E-state index contributed by atoms with van der Waals surface area (Å²) in [5.41, 5.74) is 3.18. The van der Waals surface area contributed by atoms with Crippen molar-refractivity contribution in [3.05, 3.63) is 69.8 Å². The Labute approximate surface area is 151 Å². The number of nitrogens with one attached hydrogen (secondary N) is 1. The van der Waals surface area contributed by atoms with Gasteiger partial charge in [0.1, 0.15) is 11.5 Å². The number of anilines is 1.